The number of carbonyl (C=O) groups is 1. The summed E-state index contributed by atoms with van der Waals surface area (Å²) in [7, 11) is 0. The number of aryl methyl sites for hydroxylation is 1. The van der Waals surface area contributed by atoms with Gasteiger partial charge in [0.1, 0.15) is 5.78 Å². The monoisotopic (exact) mass is 152 g/mol. The zero-order chi connectivity index (χ0) is 6.97. The van der Waals surface area contributed by atoms with E-state index < -0.39 is 0 Å². The molecule has 1 aliphatic rings. The smallest absolute Gasteiger partial charge is 0.137 e. The lowest BCUT2D eigenvalue weighted by Crippen LogP contribution is -2.10. The van der Waals surface area contributed by atoms with Crippen molar-refractivity contribution in [3.05, 3.63) is 21.9 Å². The molecule has 0 radical (unpaired) electrons. The van der Waals surface area contributed by atoms with Crippen LogP contribution < -0.4 is 0 Å². The minimum atomic E-state index is 0.394. The van der Waals surface area contributed by atoms with E-state index in [2.05, 4.69) is 11.4 Å². The first-order chi connectivity index (χ1) is 4.86. The van der Waals surface area contributed by atoms with Gasteiger partial charge in [-0.1, -0.05) is 0 Å². The molecule has 2 heteroatoms. The summed E-state index contributed by atoms with van der Waals surface area (Å²) < 4.78 is 0. The summed E-state index contributed by atoms with van der Waals surface area (Å²) in [6, 6.07) is 2.07. The topological polar surface area (TPSA) is 17.1 Å². The predicted molar refractivity (Wildman–Crippen MR) is 41.4 cm³/mol. The van der Waals surface area contributed by atoms with Crippen LogP contribution in [-0.4, -0.2) is 5.78 Å². The highest BCUT2D eigenvalue weighted by Gasteiger charge is 2.15. The van der Waals surface area contributed by atoms with Crippen molar-refractivity contribution in [1.29, 1.82) is 0 Å². The number of rotatable bonds is 0. The predicted octanol–water partition coefficient (Wildman–Crippen LogP) is 1.81. The molecule has 0 atom stereocenters. The maximum atomic E-state index is 10.9. The largest absolute Gasteiger partial charge is 0.299 e. The molecule has 1 nitrogen and oxygen atoms in total. The molecule has 0 spiro atoms. The van der Waals surface area contributed by atoms with Gasteiger partial charge in [-0.05, 0) is 23.4 Å². The van der Waals surface area contributed by atoms with Gasteiger partial charge in [0.2, 0.25) is 0 Å². The molecule has 0 amide bonds. The second kappa shape index (κ2) is 2.20. The first-order valence-corrected chi connectivity index (χ1v) is 4.31. The zero-order valence-electron chi connectivity index (χ0n) is 5.59. The quantitative estimate of drug-likeness (QED) is 0.554. The molecule has 0 fully saturated rings. The first kappa shape index (κ1) is 6.10. The summed E-state index contributed by atoms with van der Waals surface area (Å²) in [4.78, 5) is 12.3. The number of thiophene rings is 1. The van der Waals surface area contributed by atoms with E-state index in [1.807, 2.05) is 0 Å². The Bertz CT molecular complexity index is 262. The summed E-state index contributed by atoms with van der Waals surface area (Å²) in [5.74, 6) is 0.394. The molecule has 10 heavy (non-hydrogen) atoms. The minimum absolute atomic E-state index is 0.394. The Morgan fingerprint density at radius 1 is 1.40 bits per heavy atom. The molecule has 0 aromatic carbocycles. The van der Waals surface area contributed by atoms with Gasteiger partial charge in [0.15, 0.2) is 0 Å². The lowest BCUT2D eigenvalue weighted by Gasteiger charge is -2.08. The number of hydrogen-bond acceptors (Lipinski definition) is 2. The van der Waals surface area contributed by atoms with Crippen molar-refractivity contribution >= 4 is 17.1 Å². The van der Waals surface area contributed by atoms with E-state index in [1.54, 1.807) is 11.3 Å². The molecule has 0 N–H and O–H groups in total. The maximum absolute atomic E-state index is 10.9. The molecule has 1 heterocycles. The fourth-order valence-electron chi connectivity index (χ4n) is 1.30. The van der Waals surface area contributed by atoms with E-state index in [4.69, 9.17) is 0 Å². The molecule has 0 aliphatic heterocycles. The minimum Gasteiger partial charge on any atom is -0.299 e. The molecule has 0 saturated carbocycles. The van der Waals surface area contributed by atoms with Crippen molar-refractivity contribution in [2.45, 2.75) is 19.3 Å². The lowest BCUT2D eigenvalue weighted by molar-refractivity contribution is -0.118. The summed E-state index contributed by atoms with van der Waals surface area (Å²) in [5.41, 5.74) is 1.27. The van der Waals surface area contributed by atoms with Gasteiger partial charge in [0.25, 0.3) is 0 Å². The summed E-state index contributed by atoms with van der Waals surface area (Å²) in [5, 5.41) is 2.07. The number of ketones is 1. The van der Waals surface area contributed by atoms with Crippen LogP contribution in [0.2, 0.25) is 0 Å². The molecule has 0 bridgehead atoms. The van der Waals surface area contributed by atoms with Gasteiger partial charge in [0, 0.05) is 17.7 Å². The van der Waals surface area contributed by atoms with Gasteiger partial charge in [0.05, 0.1) is 0 Å². The lowest BCUT2D eigenvalue weighted by atomic mass is 9.98. The summed E-state index contributed by atoms with van der Waals surface area (Å²) in [6.07, 6.45) is 2.41. The Kier molecular flexibility index (Phi) is 1.34. The van der Waals surface area contributed by atoms with Crippen LogP contribution in [0.5, 0.6) is 0 Å². The van der Waals surface area contributed by atoms with Gasteiger partial charge in [-0.3, -0.25) is 4.79 Å². The molecular weight excluding hydrogens is 144 g/mol. The summed E-state index contributed by atoms with van der Waals surface area (Å²) in [6.45, 7) is 0. The van der Waals surface area contributed by atoms with Crippen LogP contribution in [0.25, 0.3) is 0 Å². The molecule has 0 saturated heterocycles. The van der Waals surface area contributed by atoms with Crippen LogP contribution in [0.4, 0.5) is 0 Å². The molecule has 2 rings (SSSR count). The van der Waals surface area contributed by atoms with Crippen LogP contribution in [0.15, 0.2) is 11.4 Å². The van der Waals surface area contributed by atoms with E-state index >= 15 is 0 Å². The maximum Gasteiger partial charge on any atom is 0.137 e. The van der Waals surface area contributed by atoms with Crippen LogP contribution >= 0.6 is 11.3 Å². The van der Waals surface area contributed by atoms with Crippen LogP contribution in [0.1, 0.15) is 16.9 Å². The fraction of sp³-hybridized carbons (Fsp3) is 0.375. The third kappa shape index (κ3) is 0.886. The average Bonchev–Trinajstić information content (AvgIpc) is 2.33. The second-order valence-electron chi connectivity index (χ2n) is 2.58. The Hall–Kier alpha value is -0.630. The van der Waals surface area contributed by atoms with Crippen LogP contribution in [0, 0.1) is 0 Å². The molecular formula is C8H8OS. The second-order valence-corrected chi connectivity index (χ2v) is 3.59. The van der Waals surface area contributed by atoms with Crippen molar-refractivity contribution in [2.24, 2.45) is 0 Å². The molecule has 52 valence electrons. The summed E-state index contributed by atoms with van der Waals surface area (Å²) >= 11 is 1.78. The van der Waals surface area contributed by atoms with E-state index in [0.29, 0.717) is 12.2 Å². The van der Waals surface area contributed by atoms with Gasteiger partial charge < -0.3 is 0 Å². The molecule has 1 aromatic heterocycles. The SMILES string of the molecule is O=C1CCc2sccc2C1. The Morgan fingerprint density at radius 2 is 2.30 bits per heavy atom. The van der Waals surface area contributed by atoms with E-state index in [9.17, 15) is 4.79 Å². The van der Waals surface area contributed by atoms with Crippen molar-refractivity contribution in [1.82, 2.24) is 0 Å². The molecule has 0 unspecified atom stereocenters. The third-order valence-electron chi connectivity index (χ3n) is 1.86. The highest BCUT2D eigenvalue weighted by Crippen LogP contribution is 2.23. The van der Waals surface area contributed by atoms with Crippen LogP contribution in [-0.2, 0) is 17.6 Å². The van der Waals surface area contributed by atoms with Gasteiger partial charge in [-0.15, -0.1) is 11.3 Å². The Morgan fingerprint density at radius 3 is 3.20 bits per heavy atom. The van der Waals surface area contributed by atoms with Gasteiger partial charge >= 0.3 is 0 Å². The molecule has 1 aromatic rings. The number of carbonyl (C=O) groups excluding carboxylic acids is 1. The fourth-order valence-corrected chi connectivity index (χ4v) is 2.21. The van der Waals surface area contributed by atoms with E-state index in [0.717, 1.165) is 12.8 Å². The third-order valence-corrected chi connectivity index (χ3v) is 2.88. The number of hydrogen-bond donors (Lipinski definition) is 0. The van der Waals surface area contributed by atoms with Crippen molar-refractivity contribution in [3.63, 3.8) is 0 Å². The Balaban J connectivity index is 2.39. The van der Waals surface area contributed by atoms with E-state index in [-0.39, 0.29) is 0 Å². The number of fused-ring (bicyclic) bond motifs is 1. The standard InChI is InChI=1S/C8H8OS/c9-7-1-2-8-6(5-7)3-4-10-8/h3-4H,1-2,5H2. The first-order valence-electron chi connectivity index (χ1n) is 3.43. The Labute approximate surface area is 63.7 Å². The molecule has 1 aliphatic carbocycles. The van der Waals surface area contributed by atoms with Crippen molar-refractivity contribution in [2.75, 3.05) is 0 Å². The highest BCUT2D eigenvalue weighted by atomic mass is 32.1. The van der Waals surface area contributed by atoms with Crippen LogP contribution in [0.3, 0.4) is 0 Å². The normalized spacial score (nSPS) is 17.0. The number of Topliss-reactive ketones (excluding diaryl/α,β-unsaturated/α-hetero) is 1. The van der Waals surface area contributed by atoms with E-state index in [1.165, 1.54) is 10.4 Å². The van der Waals surface area contributed by atoms with Crippen molar-refractivity contribution in [3.8, 4) is 0 Å². The average molecular weight is 152 g/mol. The highest BCUT2D eigenvalue weighted by molar-refractivity contribution is 7.10. The van der Waals surface area contributed by atoms with Crippen molar-refractivity contribution < 1.29 is 4.79 Å². The zero-order valence-corrected chi connectivity index (χ0v) is 6.41. The van der Waals surface area contributed by atoms with Gasteiger partial charge in [-0.2, -0.15) is 0 Å². The van der Waals surface area contributed by atoms with Gasteiger partial charge in [-0.25, -0.2) is 0 Å².